The van der Waals surface area contributed by atoms with Gasteiger partial charge in [-0.3, -0.25) is 0 Å². The van der Waals surface area contributed by atoms with E-state index >= 15 is 0 Å². The molecule has 1 fully saturated rings. The van der Waals surface area contributed by atoms with Gasteiger partial charge in [0.1, 0.15) is 23.7 Å². The van der Waals surface area contributed by atoms with Gasteiger partial charge in [0.15, 0.2) is 0 Å². The molecule has 0 radical (unpaired) electrons. The van der Waals surface area contributed by atoms with Crippen LogP contribution in [-0.2, 0) is 0 Å². The number of anilines is 4. The molecule has 4 rings (SSSR count). The number of piperazine rings is 1. The van der Waals surface area contributed by atoms with Crippen LogP contribution in [0, 0.1) is 13.8 Å². The third-order valence-electron chi connectivity index (χ3n) is 5.55. The number of nitrogens with zero attached hydrogens (tertiary/aromatic N) is 4. The lowest BCUT2D eigenvalue weighted by Gasteiger charge is -2.37. The van der Waals surface area contributed by atoms with E-state index in [1.54, 1.807) is 13.4 Å². The standard InChI is InChI=1S/C23H27N5O/c1-17-7-6-8-19(18(17)2)26-22-15-23(25-16-24-22)28-13-11-27(12-14-28)20-9-4-5-10-21(20)29-3/h4-10,15-16H,11-14H2,1-3H3,(H,24,25,26). The molecule has 0 unspecified atom stereocenters. The van der Waals surface area contributed by atoms with E-state index in [2.05, 4.69) is 69.3 Å². The Hall–Kier alpha value is -3.28. The maximum atomic E-state index is 5.52. The van der Waals surface area contributed by atoms with Crippen molar-refractivity contribution in [3.05, 3.63) is 66.0 Å². The normalized spacial score (nSPS) is 14.0. The van der Waals surface area contributed by atoms with E-state index < -0.39 is 0 Å². The number of hydrogen-bond donors (Lipinski definition) is 1. The number of nitrogens with one attached hydrogen (secondary N) is 1. The Labute approximate surface area is 172 Å². The summed E-state index contributed by atoms with van der Waals surface area (Å²) in [6.07, 6.45) is 1.63. The van der Waals surface area contributed by atoms with E-state index in [0.717, 1.165) is 54.9 Å². The first-order valence-corrected chi connectivity index (χ1v) is 9.94. The lowest BCUT2D eigenvalue weighted by molar-refractivity contribution is 0.413. The lowest BCUT2D eigenvalue weighted by Crippen LogP contribution is -2.47. The topological polar surface area (TPSA) is 53.5 Å². The molecule has 0 amide bonds. The van der Waals surface area contributed by atoms with Crippen LogP contribution in [0.25, 0.3) is 0 Å². The first-order valence-electron chi connectivity index (χ1n) is 9.94. The highest BCUT2D eigenvalue weighted by atomic mass is 16.5. The molecule has 0 saturated carbocycles. The summed E-state index contributed by atoms with van der Waals surface area (Å²) in [5, 5.41) is 3.44. The molecule has 1 saturated heterocycles. The van der Waals surface area contributed by atoms with Crippen molar-refractivity contribution in [2.24, 2.45) is 0 Å². The molecule has 2 aromatic carbocycles. The Morgan fingerprint density at radius 2 is 1.66 bits per heavy atom. The van der Waals surface area contributed by atoms with E-state index in [0.29, 0.717) is 0 Å². The van der Waals surface area contributed by atoms with Gasteiger partial charge in [-0.05, 0) is 43.2 Å². The van der Waals surface area contributed by atoms with Crippen molar-refractivity contribution in [1.29, 1.82) is 0 Å². The van der Waals surface area contributed by atoms with E-state index in [1.807, 2.05) is 18.2 Å². The summed E-state index contributed by atoms with van der Waals surface area (Å²) >= 11 is 0. The second-order valence-corrected chi connectivity index (χ2v) is 7.28. The van der Waals surface area contributed by atoms with Crippen molar-refractivity contribution in [2.75, 3.05) is 48.4 Å². The van der Waals surface area contributed by atoms with Crippen LogP contribution >= 0.6 is 0 Å². The SMILES string of the molecule is COc1ccccc1N1CCN(c2cc(Nc3cccc(C)c3C)ncn2)CC1. The Bertz CT molecular complexity index is 983. The van der Waals surface area contributed by atoms with Gasteiger partial charge in [0.25, 0.3) is 0 Å². The molecule has 150 valence electrons. The van der Waals surface area contributed by atoms with Gasteiger partial charge in [0.2, 0.25) is 0 Å². The second-order valence-electron chi connectivity index (χ2n) is 7.28. The Morgan fingerprint density at radius 1 is 0.897 bits per heavy atom. The molecule has 29 heavy (non-hydrogen) atoms. The molecular weight excluding hydrogens is 362 g/mol. The molecule has 0 atom stereocenters. The smallest absolute Gasteiger partial charge is 0.142 e. The number of aryl methyl sites for hydroxylation is 1. The van der Waals surface area contributed by atoms with Crippen molar-refractivity contribution < 1.29 is 4.74 Å². The zero-order valence-electron chi connectivity index (χ0n) is 17.2. The minimum absolute atomic E-state index is 0.816. The van der Waals surface area contributed by atoms with Crippen molar-refractivity contribution in [2.45, 2.75) is 13.8 Å². The van der Waals surface area contributed by atoms with Crippen LogP contribution in [0.2, 0.25) is 0 Å². The Kier molecular flexibility index (Phi) is 5.51. The van der Waals surface area contributed by atoms with Crippen LogP contribution in [0.15, 0.2) is 54.9 Å². The Balaban J connectivity index is 1.45. The van der Waals surface area contributed by atoms with Crippen LogP contribution in [0.3, 0.4) is 0 Å². The van der Waals surface area contributed by atoms with Crippen molar-refractivity contribution >= 4 is 23.0 Å². The van der Waals surface area contributed by atoms with Crippen molar-refractivity contribution in [1.82, 2.24) is 9.97 Å². The average Bonchev–Trinajstić information content (AvgIpc) is 2.77. The quantitative estimate of drug-likeness (QED) is 0.707. The Morgan fingerprint density at radius 3 is 2.45 bits per heavy atom. The van der Waals surface area contributed by atoms with Crippen molar-refractivity contribution in [3.63, 3.8) is 0 Å². The third-order valence-corrected chi connectivity index (χ3v) is 5.55. The van der Waals surface area contributed by atoms with Crippen LogP contribution in [0.5, 0.6) is 5.75 Å². The number of rotatable bonds is 5. The average molecular weight is 390 g/mol. The molecule has 0 spiro atoms. The second kappa shape index (κ2) is 8.39. The summed E-state index contributed by atoms with van der Waals surface area (Å²) in [4.78, 5) is 13.6. The molecule has 0 bridgehead atoms. The summed E-state index contributed by atoms with van der Waals surface area (Å²) in [5.41, 5.74) is 4.72. The highest BCUT2D eigenvalue weighted by molar-refractivity contribution is 5.64. The number of ether oxygens (including phenoxy) is 1. The van der Waals surface area contributed by atoms with Gasteiger partial charge in [0, 0.05) is 37.9 Å². The number of para-hydroxylation sites is 2. The zero-order chi connectivity index (χ0) is 20.2. The molecule has 1 aliphatic heterocycles. The van der Waals surface area contributed by atoms with E-state index in [-0.39, 0.29) is 0 Å². The minimum atomic E-state index is 0.816. The molecule has 1 aliphatic rings. The summed E-state index contributed by atoms with van der Waals surface area (Å²) in [7, 11) is 1.72. The molecule has 1 N–H and O–H groups in total. The maximum absolute atomic E-state index is 5.52. The fourth-order valence-corrected chi connectivity index (χ4v) is 3.68. The third kappa shape index (κ3) is 4.11. The minimum Gasteiger partial charge on any atom is -0.495 e. The zero-order valence-corrected chi connectivity index (χ0v) is 17.2. The fourth-order valence-electron chi connectivity index (χ4n) is 3.68. The molecule has 0 aliphatic carbocycles. The van der Waals surface area contributed by atoms with Crippen molar-refractivity contribution in [3.8, 4) is 5.75 Å². The van der Waals surface area contributed by atoms with Crippen LogP contribution in [0.4, 0.5) is 23.0 Å². The highest BCUT2D eigenvalue weighted by Gasteiger charge is 2.20. The predicted molar refractivity (Wildman–Crippen MR) is 119 cm³/mol. The van der Waals surface area contributed by atoms with Gasteiger partial charge in [0.05, 0.1) is 12.8 Å². The monoisotopic (exact) mass is 389 g/mol. The summed E-state index contributed by atoms with van der Waals surface area (Å²) in [5.74, 6) is 2.69. The first-order chi connectivity index (χ1) is 14.2. The van der Waals surface area contributed by atoms with Gasteiger partial charge >= 0.3 is 0 Å². The van der Waals surface area contributed by atoms with Gasteiger partial charge in [-0.25, -0.2) is 9.97 Å². The number of methoxy groups -OCH3 is 1. The molecule has 3 aromatic rings. The number of aromatic nitrogens is 2. The van der Waals surface area contributed by atoms with E-state index in [9.17, 15) is 0 Å². The van der Waals surface area contributed by atoms with E-state index in [4.69, 9.17) is 4.74 Å². The van der Waals surface area contributed by atoms with Crippen LogP contribution in [0.1, 0.15) is 11.1 Å². The molecule has 6 nitrogen and oxygen atoms in total. The first kappa shape index (κ1) is 19.1. The number of hydrogen-bond acceptors (Lipinski definition) is 6. The lowest BCUT2D eigenvalue weighted by atomic mass is 10.1. The summed E-state index contributed by atoms with van der Waals surface area (Å²) < 4.78 is 5.52. The largest absolute Gasteiger partial charge is 0.495 e. The van der Waals surface area contributed by atoms with E-state index in [1.165, 1.54) is 11.1 Å². The predicted octanol–water partition coefficient (Wildman–Crippen LogP) is 4.17. The van der Waals surface area contributed by atoms with Crippen LogP contribution < -0.4 is 19.9 Å². The summed E-state index contributed by atoms with van der Waals surface area (Å²) in [6, 6.07) is 16.5. The van der Waals surface area contributed by atoms with Gasteiger partial charge in [-0.15, -0.1) is 0 Å². The van der Waals surface area contributed by atoms with Gasteiger partial charge in [-0.2, -0.15) is 0 Å². The molecule has 2 heterocycles. The number of benzene rings is 2. The highest BCUT2D eigenvalue weighted by Crippen LogP contribution is 2.29. The molecule has 1 aromatic heterocycles. The van der Waals surface area contributed by atoms with Crippen LogP contribution in [-0.4, -0.2) is 43.3 Å². The molecular formula is C23H27N5O. The summed E-state index contributed by atoms with van der Waals surface area (Å²) in [6.45, 7) is 7.88. The molecule has 6 heteroatoms. The van der Waals surface area contributed by atoms with Gasteiger partial charge in [-0.1, -0.05) is 24.3 Å². The van der Waals surface area contributed by atoms with Gasteiger partial charge < -0.3 is 19.9 Å². The maximum Gasteiger partial charge on any atom is 0.142 e. The fraction of sp³-hybridized carbons (Fsp3) is 0.304.